The molecule has 6 heteroatoms. The second-order valence-electron chi connectivity index (χ2n) is 3.82. The Morgan fingerprint density at radius 3 is 2.56 bits per heavy atom. The van der Waals surface area contributed by atoms with Crippen molar-refractivity contribution >= 4 is 11.9 Å². The van der Waals surface area contributed by atoms with Gasteiger partial charge < -0.3 is 15.4 Å². The van der Waals surface area contributed by atoms with Crippen molar-refractivity contribution in [3.8, 4) is 6.01 Å². The average Bonchev–Trinajstić information content (AvgIpc) is 2.39. The first-order chi connectivity index (χ1) is 8.69. The Kier molecular flexibility index (Phi) is 3.57. The molecule has 0 saturated heterocycles. The zero-order chi connectivity index (χ0) is 13.0. The van der Waals surface area contributed by atoms with Crippen LogP contribution in [0.5, 0.6) is 6.01 Å². The number of hydrogen-bond donors (Lipinski definition) is 1. The van der Waals surface area contributed by atoms with E-state index in [4.69, 9.17) is 10.5 Å². The van der Waals surface area contributed by atoms with Gasteiger partial charge in [-0.3, -0.25) is 0 Å². The van der Waals surface area contributed by atoms with Gasteiger partial charge >= 0.3 is 6.01 Å². The monoisotopic (exact) mass is 245 g/mol. The van der Waals surface area contributed by atoms with E-state index in [9.17, 15) is 0 Å². The van der Waals surface area contributed by atoms with Crippen LogP contribution in [0.4, 0.5) is 11.9 Å². The molecule has 0 amide bonds. The molecule has 94 valence electrons. The lowest BCUT2D eigenvalue weighted by molar-refractivity contribution is 0.379. The van der Waals surface area contributed by atoms with Gasteiger partial charge in [-0.25, -0.2) is 0 Å². The van der Waals surface area contributed by atoms with Crippen LogP contribution in [0.3, 0.4) is 0 Å². The highest BCUT2D eigenvalue weighted by Crippen LogP contribution is 2.14. The molecule has 0 bridgehead atoms. The number of anilines is 2. The molecule has 0 saturated carbocycles. The minimum atomic E-state index is 0.150. The SMILES string of the molecule is COc1nc(N)nc(N(C)Cc2ccccc2)n1. The lowest BCUT2D eigenvalue weighted by Gasteiger charge is -2.17. The fraction of sp³-hybridized carbons (Fsp3) is 0.250. The number of ether oxygens (including phenoxy) is 1. The average molecular weight is 245 g/mol. The molecule has 18 heavy (non-hydrogen) atoms. The number of methoxy groups -OCH3 is 1. The smallest absolute Gasteiger partial charge is 0.322 e. The van der Waals surface area contributed by atoms with E-state index < -0.39 is 0 Å². The van der Waals surface area contributed by atoms with Gasteiger partial charge in [0.15, 0.2) is 0 Å². The molecule has 1 aromatic carbocycles. The van der Waals surface area contributed by atoms with E-state index in [1.165, 1.54) is 7.11 Å². The van der Waals surface area contributed by atoms with Crippen LogP contribution >= 0.6 is 0 Å². The molecule has 1 aromatic heterocycles. The molecule has 6 nitrogen and oxygen atoms in total. The fourth-order valence-electron chi connectivity index (χ4n) is 1.55. The first-order valence-electron chi connectivity index (χ1n) is 5.49. The van der Waals surface area contributed by atoms with Gasteiger partial charge in [0.25, 0.3) is 0 Å². The number of nitrogens with two attached hydrogens (primary N) is 1. The molecule has 0 fully saturated rings. The van der Waals surface area contributed by atoms with Crippen molar-refractivity contribution in [1.82, 2.24) is 15.0 Å². The van der Waals surface area contributed by atoms with Crippen molar-refractivity contribution in [3.63, 3.8) is 0 Å². The molecule has 0 atom stereocenters. The minimum absolute atomic E-state index is 0.150. The molecule has 2 rings (SSSR count). The van der Waals surface area contributed by atoms with Crippen molar-refractivity contribution in [2.45, 2.75) is 6.54 Å². The van der Waals surface area contributed by atoms with Crippen LogP contribution in [-0.2, 0) is 6.54 Å². The zero-order valence-corrected chi connectivity index (χ0v) is 10.4. The Morgan fingerprint density at radius 2 is 1.89 bits per heavy atom. The second kappa shape index (κ2) is 5.31. The maximum atomic E-state index is 5.60. The summed E-state index contributed by atoms with van der Waals surface area (Å²) in [6.45, 7) is 0.688. The van der Waals surface area contributed by atoms with Gasteiger partial charge in [0, 0.05) is 13.6 Å². The Labute approximate surface area is 105 Å². The van der Waals surface area contributed by atoms with Gasteiger partial charge in [-0.1, -0.05) is 30.3 Å². The summed E-state index contributed by atoms with van der Waals surface area (Å²) in [6, 6.07) is 10.3. The van der Waals surface area contributed by atoms with E-state index in [2.05, 4.69) is 15.0 Å². The molecular formula is C12H15N5O. The van der Waals surface area contributed by atoms with Crippen molar-refractivity contribution in [3.05, 3.63) is 35.9 Å². The van der Waals surface area contributed by atoms with E-state index in [1.54, 1.807) is 0 Å². The Balaban J connectivity index is 2.18. The summed E-state index contributed by atoms with van der Waals surface area (Å²) in [5.41, 5.74) is 6.76. The van der Waals surface area contributed by atoms with Crippen LogP contribution in [0.2, 0.25) is 0 Å². The summed E-state index contributed by atoms with van der Waals surface area (Å²) in [5.74, 6) is 0.639. The Morgan fingerprint density at radius 1 is 1.17 bits per heavy atom. The Bertz CT molecular complexity index is 517. The highest BCUT2D eigenvalue weighted by molar-refractivity contribution is 5.36. The van der Waals surface area contributed by atoms with Gasteiger partial charge in [0.05, 0.1) is 7.11 Å². The van der Waals surface area contributed by atoms with Crippen LogP contribution < -0.4 is 15.4 Å². The van der Waals surface area contributed by atoms with Gasteiger partial charge in [0.2, 0.25) is 11.9 Å². The van der Waals surface area contributed by atoms with Crippen LogP contribution in [0.15, 0.2) is 30.3 Å². The summed E-state index contributed by atoms with van der Waals surface area (Å²) >= 11 is 0. The fourth-order valence-corrected chi connectivity index (χ4v) is 1.55. The van der Waals surface area contributed by atoms with Crippen molar-refractivity contribution < 1.29 is 4.74 Å². The number of hydrogen-bond acceptors (Lipinski definition) is 6. The van der Waals surface area contributed by atoms with Gasteiger partial charge in [-0.05, 0) is 5.56 Å². The summed E-state index contributed by atoms with van der Waals surface area (Å²) < 4.78 is 4.97. The maximum Gasteiger partial charge on any atom is 0.322 e. The molecule has 0 aliphatic rings. The minimum Gasteiger partial charge on any atom is -0.467 e. The van der Waals surface area contributed by atoms with E-state index in [-0.39, 0.29) is 12.0 Å². The lowest BCUT2D eigenvalue weighted by Crippen LogP contribution is -2.20. The highest BCUT2D eigenvalue weighted by atomic mass is 16.5. The predicted octanol–water partition coefficient (Wildman–Crippen LogP) is 1.10. The number of nitrogen functional groups attached to an aromatic ring is 1. The van der Waals surface area contributed by atoms with Crippen LogP contribution in [0.1, 0.15) is 5.56 Å². The van der Waals surface area contributed by atoms with E-state index >= 15 is 0 Å². The first-order valence-corrected chi connectivity index (χ1v) is 5.49. The summed E-state index contributed by atoms with van der Waals surface area (Å²) in [6.07, 6.45) is 0. The molecule has 2 N–H and O–H groups in total. The topological polar surface area (TPSA) is 77.2 Å². The molecule has 1 heterocycles. The molecule has 0 aliphatic heterocycles. The molecule has 0 aliphatic carbocycles. The predicted molar refractivity (Wildman–Crippen MR) is 69.3 cm³/mol. The Hall–Kier alpha value is -2.37. The van der Waals surface area contributed by atoms with E-state index in [0.717, 1.165) is 5.56 Å². The van der Waals surface area contributed by atoms with Gasteiger partial charge in [0.1, 0.15) is 0 Å². The largest absolute Gasteiger partial charge is 0.467 e. The van der Waals surface area contributed by atoms with Crippen LogP contribution in [0, 0.1) is 0 Å². The van der Waals surface area contributed by atoms with E-state index in [0.29, 0.717) is 12.5 Å². The quantitative estimate of drug-likeness (QED) is 0.869. The summed E-state index contributed by atoms with van der Waals surface area (Å²) in [7, 11) is 3.39. The summed E-state index contributed by atoms with van der Waals surface area (Å²) in [5, 5.41) is 0. The zero-order valence-electron chi connectivity index (χ0n) is 10.4. The standard InChI is InChI=1S/C12H15N5O/c1-17(8-9-6-4-3-5-7-9)11-14-10(13)15-12(16-11)18-2/h3-7H,8H2,1-2H3,(H2,13,14,15,16). The normalized spacial score (nSPS) is 10.1. The van der Waals surface area contributed by atoms with Gasteiger partial charge in [-0.15, -0.1) is 0 Å². The molecule has 0 spiro atoms. The maximum absolute atomic E-state index is 5.60. The van der Waals surface area contributed by atoms with Crippen LogP contribution in [0.25, 0.3) is 0 Å². The number of aromatic nitrogens is 3. The number of rotatable bonds is 4. The van der Waals surface area contributed by atoms with Crippen molar-refractivity contribution in [1.29, 1.82) is 0 Å². The van der Waals surface area contributed by atoms with Crippen molar-refractivity contribution in [2.24, 2.45) is 0 Å². The van der Waals surface area contributed by atoms with Gasteiger partial charge in [-0.2, -0.15) is 15.0 Å². The molecule has 0 radical (unpaired) electrons. The highest BCUT2D eigenvalue weighted by Gasteiger charge is 2.09. The third kappa shape index (κ3) is 2.85. The first kappa shape index (κ1) is 12.1. The molecule has 2 aromatic rings. The number of benzene rings is 1. The summed E-state index contributed by atoms with van der Waals surface area (Å²) in [4.78, 5) is 14.0. The second-order valence-corrected chi connectivity index (χ2v) is 3.82. The molecular weight excluding hydrogens is 230 g/mol. The lowest BCUT2D eigenvalue weighted by atomic mass is 10.2. The van der Waals surface area contributed by atoms with E-state index in [1.807, 2.05) is 42.3 Å². The third-order valence-electron chi connectivity index (χ3n) is 2.41. The van der Waals surface area contributed by atoms with Crippen LogP contribution in [-0.4, -0.2) is 29.1 Å². The number of nitrogens with zero attached hydrogens (tertiary/aromatic N) is 4. The molecule has 0 unspecified atom stereocenters. The third-order valence-corrected chi connectivity index (χ3v) is 2.41. The van der Waals surface area contributed by atoms with Crippen molar-refractivity contribution in [2.75, 3.05) is 24.8 Å².